The van der Waals surface area contributed by atoms with Crippen molar-refractivity contribution in [3.63, 3.8) is 0 Å². The van der Waals surface area contributed by atoms with Crippen molar-refractivity contribution in [3.8, 4) is 5.75 Å². The first-order valence-electron chi connectivity index (χ1n) is 9.16. The Morgan fingerprint density at radius 2 is 2.00 bits per heavy atom. The van der Waals surface area contributed by atoms with E-state index >= 15 is 0 Å². The molecule has 3 rings (SSSR count). The van der Waals surface area contributed by atoms with Crippen LogP contribution in [0.25, 0.3) is 10.9 Å². The number of ether oxygens (including phenoxy) is 1. The molecule has 0 amide bonds. The van der Waals surface area contributed by atoms with Crippen LogP contribution in [0.5, 0.6) is 5.75 Å². The van der Waals surface area contributed by atoms with Crippen LogP contribution in [0.3, 0.4) is 0 Å². The zero-order chi connectivity index (χ0) is 18.4. The summed E-state index contributed by atoms with van der Waals surface area (Å²) in [6, 6.07) is 16.6. The molecule has 0 aliphatic heterocycles. The lowest BCUT2D eigenvalue weighted by molar-refractivity contribution is 0.222. The zero-order valence-corrected chi connectivity index (χ0v) is 15.8. The number of aromatic nitrogens is 2. The van der Waals surface area contributed by atoms with Crippen LogP contribution in [-0.2, 0) is 13.0 Å². The summed E-state index contributed by atoms with van der Waals surface area (Å²) in [5.41, 5.74) is 3.39. The third kappa shape index (κ3) is 4.84. The molecule has 0 bridgehead atoms. The maximum atomic E-state index is 6.16. The molecule has 5 nitrogen and oxygen atoms in total. The third-order valence-corrected chi connectivity index (χ3v) is 4.48. The van der Waals surface area contributed by atoms with Crippen LogP contribution >= 0.6 is 0 Å². The molecule has 5 heteroatoms. The minimum absolute atomic E-state index is 0.114. The number of rotatable bonds is 9. The van der Waals surface area contributed by atoms with Gasteiger partial charge >= 0.3 is 0 Å². The van der Waals surface area contributed by atoms with Gasteiger partial charge in [-0.3, -0.25) is 10.00 Å². The van der Waals surface area contributed by atoms with E-state index in [1.165, 1.54) is 5.56 Å². The van der Waals surface area contributed by atoms with Crippen molar-refractivity contribution in [2.45, 2.75) is 26.0 Å². The monoisotopic (exact) mass is 352 g/mol. The number of nitrogens with one attached hydrogen (secondary N) is 2. The van der Waals surface area contributed by atoms with Gasteiger partial charge in [0.15, 0.2) is 0 Å². The molecule has 0 fully saturated rings. The van der Waals surface area contributed by atoms with Gasteiger partial charge < -0.3 is 10.1 Å². The quantitative estimate of drug-likeness (QED) is 0.621. The van der Waals surface area contributed by atoms with E-state index in [4.69, 9.17) is 4.74 Å². The summed E-state index contributed by atoms with van der Waals surface area (Å²) in [6.45, 7) is 4.90. The Bertz CT molecular complexity index is 815. The summed E-state index contributed by atoms with van der Waals surface area (Å²) in [6.07, 6.45) is 1.01. The lowest BCUT2D eigenvalue weighted by atomic mass is 10.1. The standard InChI is InChI=1S/C21H28N4O/c1-16(13-17-7-5-4-6-8-17)26-18-9-10-20-19(14-18)21(24-23-20)15-25(3)12-11-22-2/h4-10,14,16,22H,11-13,15H2,1-3H3,(H,23,24). The summed E-state index contributed by atoms with van der Waals surface area (Å²) < 4.78 is 6.16. The van der Waals surface area contributed by atoms with Gasteiger partial charge in [0.05, 0.1) is 17.3 Å². The number of H-pyrrole nitrogens is 1. The fourth-order valence-electron chi connectivity index (χ4n) is 3.11. The lowest BCUT2D eigenvalue weighted by Gasteiger charge is -2.16. The fourth-order valence-corrected chi connectivity index (χ4v) is 3.11. The molecule has 0 spiro atoms. The van der Waals surface area contributed by atoms with Gasteiger partial charge in [0.1, 0.15) is 5.75 Å². The Hall–Kier alpha value is -2.37. The van der Waals surface area contributed by atoms with Gasteiger partial charge in [0, 0.05) is 31.4 Å². The molecule has 1 unspecified atom stereocenters. The highest BCUT2D eigenvalue weighted by Gasteiger charge is 2.11. The van der Waals surface area contributed by atoms with Crippen molar-refractivity contribution >= 4 is 10.9 Å². The van der Waals surface area contributed by atoms with Crippen molar-refractivity contribution < 1.29 is 4.74 Å². The SMILES string of the molecule is CNCCN(C)Cc1[nH]nc2ccc(OC(C)Cc3ccccc3)cc12. The average Bonchev–Trinajstić information content (AvgIpc) is 3.03. The highest BCUT2D eigenvalue weighted by molar-refractivity contribution is 5.82. The topological polar surface area (TPSA) is 53.2 Å². The summed E-state index contributed by atoms with van der Waals surface area (Å²) in [7, 11) is 4.09. The zero-order valence-electron chi connectivity index (χ0n) is 15.8. The van der Waals surface area contributed by atoms with E-state index in [9.17, 15) is 0 Å². The minimum Gasteiger partial charge on any atom is -0.490 e. The lowest BCUT2D eigenvalue weighted by Crippen LogP contribution is -2.27. The van der Waals surface area contributed by atoms with E-state index in [1.54, 1.807) is 0 Å². The molecule has 0 saturated carbocycles. The second-order valence-corrected chi connectivity index (χ2v) is 6.84. The number of hydrogen-bond donors (Lipinski definition) is 2. The molecule has 1 aromatic heterocycles. The van der Waals surface area contributed by atoms with E-state index in [0.29, 0.717) is 0 Å². The number of nitrogens with zero attached hydrogens (tertiary/aromatic N) is 2. The van der Waals surface area contributed by atoms with Crippen LogP contribution in [0.4, 0.5) is 0 Å². The molecule has 1 atom stereocenters. The largest absolute Gasteiger partial charge is 0.490 e. The summed E-state index contributed by atoms with van der Waals surface area (Å²) >= 11 is 0. The Morgan fingerprint density at radius 1 is 1.19 bits per heavy atom. The Morgan fingerprint density at radius 3 is 2.77 bits per heavy atom. The van der Waals surface area contributed by atoms with E-state index < -0.39 is 0 Å². The van der Waals surface area contributed by atoms with Crippen LogP contribution in [-0.4, -0.2) is 48.4 Å². The molecule has 2 N–H and O–H groups in total. The van der Waals surface area contributed by atoms with Crippen LogP contribution in [0.15, 0.2) is 48.5 Å². The van der Waals surface area contributed by atoms with Crippen molar-refractivity contribution in [2.75, 3.05) is 27.2 Å². The summed E-state index contributed by atoms with van der Waals surface area (Å²) in [5.74, 6) is 0.890. The van der Waals surface area contributed by atoms with Gasteiger partial charge in [-0.1, -0.05) is 30.3 Å². The third-order valence-electron chi connectivity index (χ3n) is 4.48. The highest BCUT2D eigenvalue weighted by Crippen LogP contribution is 2.24. The number of hydrogen-bond acceptors (Lipinski definition) is 4. The van der Waals surface area contributed by atoms with Crippen molar-refractivity contribution in [1.82, 2.24) is 20.4 Å². The molecule has 0 aliphatic rings. The van der Waals surface area contributed by atoms with Crippen LogP contribution in [0.2, 0.25) is 0 Å². The number of fused-ring (bicyclic) bond motifs is 1. The van der Waals surface area contributed by atoms with Gasteiger partial charge in [-0.15, -0.1) is 0 Å². The normalized spacial score (nSPS) is 12.6. The van der Waals surface area contributed by atoms with E-state index in [0.717, 1.165) is 48.4 Å². The predicted molar refractivity (Wildman–Crippen MR) is 107 cm³/mol. The highest BCUT2D eigenvalue weighted by atomic mass is 16.5. The Balaban J connectivity index is 1.68. The number of likely N-dealkylation sites (N-methyl/N-ethyl adjacent to an activating group) is 2. The van der Waals surface area contributed by atoms with E-state index in [2.05, 4.69) is 64.7 Å². The van der Waals surface area contributed by atoms with Gasteiger partial charge in [-0.2, -0.15) is 5.10 Å². The first kappa shape index (κ1) is 18.4. The second kappa shape index (κ2) is 8.83. The van der Waals surface area contributed by atoms with Gasteiger partial charge in [-0.05, 0) is 44.8 Å². The first-order valence-corrected chi connectivity index (χ1v) is 9.16. The second-order valence-electron chi connectivity index (χ2n) is 6.84. The molecule has 0 aliphatic carbocycles. The first-order chi connectivity index (χ1) is 12.7. The van der Waals surface area contributed by atoms with E-state index in [1.807, 2.05) is 25.2 Å². The van der Waals surface area contributed by atoms with Gasteiger partial charge in [0.25, 0.3) is 0 Å². The molecule has 1 heterocycles. The Labute approximate surface area is 155 Å². The van der Waals surface area contributed by atoms with Crippen LogP contribution < -0.4 is 10.1 Å². The smallest absolute Gasteiger partial charge is 0.120 e. The van der Waals surface area contributed by atoms with Crippen molar-refractivity contribution in [3.05, 3.63) is 59.8 Å². The number of benzene rings is 2. The summed E-state index contributed by atoms with van der Waals surface area (Å²) in [4.78, 5) is 2.27. The Kier molecular flexibility index (Phi) is 6.26. The molecule has 0 saturated heterocycles. The van der Waals surface area contributed by atoms with Crippen molar-refractivity contribution in [2.24, 2.45) is 0 Å². The molecule has 138 valence electrons. The maximum absolute atomic E-state index is 6.16. The number of aromatic amines is 1. The van der Waals surface area contributed by atoms with Crippen molar-refractivity contribution in [1.29, 1.82) is 0 Å². The molecule has 0 radical (unpaired) electrons. The predicted octanol–water partition coefficient (Wildman–Crippen LogP) is 3.22. The minimum atomic E-state index is 0.114. The van der Waals surface area contributed by atoms with Gasteiger partial charge in [-0.25, -0.2) is 0 Å². The molecule has 2 aromatic carbocycles. The molecular weight excluding hydrogens is 324 g/mol. The van der Waals surface area contributed by atoms with E-state index in [-0.39, 0.29) is 6.10 Å². The summed E-state index contributed by atoms with van der Waals surface area (Å²) in [5, 5.41) is 11.9. The molecule has 3 aromatic rings. The van der Waals surface area contributed by atoms with Gasteiger partial charge in [0.2, 0.25) is 0 Å². The van der Waals surface area contributed by atoms with Crippen LogP contribution in [0.1, 0.15) is 18.2 Å². The molecular formula is C21H28N4O. The fraction of sp³-hybridized carbons (Fsp3) is 0.381. The average molecular weight is 352 g/mol. The molecule has 26 heavy (non-hydrogen) atoms. The maximum Gasteiger partial charge on any atom is 0.120 e. The van der Waals surface area contributed by atoms with Crippen LogP contribution in [0, 0.1) is 0 Å².